The minimum Gasteiger partial charge on any atom is -0.350 e. The second-order valence-corrected chi connectivity index (χ2v) is 6.02. The first-order chi connectivity index (χ1) is 11.8. The second-order valence-electron chi connectivity index (χ2n) is 6.02. The summed E-state index contributed by atoms with van der Waals surface area (Å²) in [6.07, 6.45) is 5.63. The molecule has 1 aliphatic rings. The topological polar surface area (TPSA) is 71.8 Å². The highest BCUT2D eigenvalue weighted by Gasteiger charge is 2.16. The number of para-hydroxylation sites is 1. The Morgan fingerprint density at radius 1 is 1.23 bits per heavy atom. The third-order valence-corrected chi connectivity index (χ3v) is 4.36. The fourth-order valence-electron chi connectivity index (χ4n) is 3.05. The van der Waals surface area contributed by atoms with Gasteiger partial charge < -0.3 is 10.6 Å². The summed E-state index contributed by atoms with van der Waals surface area (Å²) in [5, 5.41) is 6.34. The van der Waals surface area contributed by atoms with E-state index >= 15 is 0 Å². The zero-order valence-electron chi connectivity index (χ0n) is 14.1. The highest BCUT2D eigenvalue weighted by molar-refractivity contribution is 5.96. The van der Waals surface area contributed by atoms with Crippen LogP contribution in [0.4, 0.5) is 0 Å². The molecule has 8 heteroatoms. The molecule has 1 fully saturated rings. The molecule has 26 heavy (non-hydrogen) atoms. The third-order valence-electron chi connectivity index (χ3n) is 4.36. The molecule has 6 nitrogen and oxygen atoms in total. The van der Waals surface area contributed by atoms with Crippen molar-refractivity contribution in [3.63, 3.8) is 0 Å². The molecule has 2 N–H and O–H groups in total. The van der Waals surface area contributed by atoms with Crippen molar-refractivity contribution >= 4 is 41.9 Å². The lowest BCUT2D eigenvalue weighted by molar-refractivity contribution is 0.0950. The largest absolute Gasteiger partial charge is 0.350 e. The molecule has 1 aliphatic heterocycles. The van der Waals surface area contributed by atoms with Gasteiger partial charge in [-0.1, -0.05) is 18.2 Å². The van der Waals surface area contributed by atoms with Crippen molar-refractivity contribution in [3.8, 4) is 5.69 Å². The van der Waals surface area contributed by atoms with Crippen molar-refractivity contribution in [2.75, 3.05) is 13.1 Å². The highest BCUT2D eigenvalue weighted by Crippen LogP contribution is 2.17. The summed E-state index contributed by atoms with van der Waals surface area (Å²) >= 11 is 0. The maximum atomic E-state index is 12.3. The van der Waals surface area contributed by atoms with Crippen molar-refractivity contribution < 1.29 is 4.79 Å². The maximum Gasteiger partial charge on any atom is 0.252 e. The molecule has 0 bridgehead atoms. The van der Waals surface area contributed by atoms with Gasteiger partial charge in [0.25, 0.3) is 5.91 Å². The summed E-state index contributed by atoms with van der Waals surface area (Å²) in [6.45, 7) is 1.68. The number of nitrogens with one attached hydrogen (secondary N) is 2. The van der Waals surface area contributed by atoms with E-state index in [9.17, 15) is 4.79 Å². The Bertz CT molecular complexity index is 862. The molecule has 0 spiro atoms. The molecular weight excluding hydrogens is 373 g/mol. The minimum atomic E-state index is -0.104. The number of pyridine rings is 1. The predicted octanol–water partition coefficient (Wildman–Crippen LogP) is 2.75. The second kappa shape index (κ2) is 8.98. The van der Waals surface area contributed by atoms with Gasteiger partial charge in [-0.15, -0.1) is 24.8 Å². The lowest BCUT2D eigenvalue weighted by atomic mass is 10.2. The van der Waals surface area contributed by atoms with E-state index in [-0.39, 0.29) is 30.7 Å². The van der Waals surface area contributed by atoms with Crippen molar-refractivity contribution in [1.29, 1.82) is 0 Å². The number of carbonyl (C=O) groups is 1. The van der Waals surface area contributed by atoms with E-state index in [2.05, 4.69) is 20.6 Å². The zero-order valence-corrected chi connectivity index (χ0v) is 15.7. The first-order valence-corrected chi connectivity index (χ1v) is 8.21. The van der Waals surface area contributed by atoms with E-state index in [0.29, 0.717) is 23.7 Å². The van der Waals surface area contributed by atoms with E-state index in [1.54, 1.807) is 18.6 Å². The van der Waals surface area contributed by atoms with E-state index < -0.39 is 0 Å². The average molecular weight is 394 g/mol. The van der Waals surface area contributed by atoms with Crippen LogP contribution in [0.3, 0.4) is 0 Å². The molecule has 1 saturated heterocycles. The first kappa shape index (κ1) is 20.2. The first-order valence-electron chi connectivity index (χ1n) is 8.21. The molecule has 2 aromatic heterocycles. The van der Waals surface area contributed by atoms with Crippen LogP contribution < -0.4 is 10.6 Å². The fourth-order valence-corrected chi connectivity index (χ4v) is 3.05. The van der Waals surface area contributed by atoms with Gasteiger partial charge in [0.2, 0.25) is 0 Å². The zero-order chi connectivity index (χ0) is 16.4. The molecule has 0 saturated carbocycles. The Morgan fingerprint density at radius 3 is 2.77 bits per heavy atom. The molecule has 0 aliphatic carbocycles. The fraction of sp³-hybridized carbons (Fsp3) is 0.278. The van der Waals surface area contributed by atoms with Gasteiger partial charge in [0.05, 0.1) is 5.56 Å². The van der Waals surface area contributed by atoms with Crippen molar-refractivity contribution in [1.82, 2.24) is 25.2 Å². The average Bonchev–Trinajstić information content (AvgIpc) is 3.29. The van der Waals surface area contributed by atoms with Crippen molar-refractivity contribution in [2.24, 2.45) is 0 Å². The molecule has 3 aromatic rings. The number of benzene rings is 1. The van der Waals surface area contributed by atoms with Gasteiger partial charge in [-0.2, -0.15) is 0 Å². The number of halogens is 2. The molecule has 0 unspecified atom stereocenters. The number of fused-ring (bicyclic) bond motifs is 1. The van der Waals surface area contributed by atoms with Crippen molar-refractivity contribution in [3.05, 3.63) is 54.5 Å². The van der Waals surface area contributed by atoms with Gasteiger partial charge in [0.15, 0.2) is 5.65 Å². The lowest BCUT2D eigenvalue weighted by Gasteiger charge is -2.11. The molecule has 3 heterocycles. The third kappa shape index (κ3) is 4.15. The summed E-state index contributed by atoms with van der Waals surface area (Å²) in [7, 11) is 0. The van der Waals surface area contributed by atoms with E-state index in [0.717, 1.165) is 24.3 Å². The van der Waals surface area contributed by atoms with Crippen LogP contribution in [0.1, 0.15) is 23.2 Å². The van der Waals surface area contributed by atoms with Gasteiger partial charge in [-0.3, -0.25) is 9.36 Å². The Hall–Kier alpha value is -2.15. The Labute approximate surface area is 164 Å². The standard InChI is InChI=1S/C18H19N5O.2ClH/c24-18(21-11-14-5-4-8-19-14)13-9-16-17(20-10-13)23(12-22-16)15-6-2-1-3-7-15;;/h1-3,6-7,9-10,12,14,19H,4-5,8,11H2,(H,21,24);2*1H/t14-;;/m0../s1. The van der Waals surface area contributed by atoms with Crippen LogP contribution in [-0.4, -0.2) is 39.6 Å². The predicted molar refractivity (Wildman–Crippen MR) is 107 cm³/mol. The van der Waals surface area contributed by atoms with E-state index in [4.69, 9.17) is 0 Å². The maximum absolute atomic E-state index is 12.3. The number of imidazole rings is 1. The Morgan fingerprint density at radius 2 is 2.04 bits per heavy atom. The SMILES string of the molecule is Cl.Cl.O=C(NC[C@@H]1CCCN1)c1cnc2c(c1)ncn2-c1ccccc1. The normalized spacial score (nSPS) is 15.9. The van der Waals surface area contributed by atoms with Gasteiger partial charge in [0, 0.05) is 24.5 Å². The monoisotopic (exact) mass is 393 g/mol. The Balaban J connectivity index is 0.00000121. The highest BCUT2D eigenvalue weighted by atomic mass is 35.5. The number of hydrogen-bond acceptors (Lipinski definition) is 4. The molecule has 0 radical (unpaired) electrons. The lowest BCUT2D eigenvalue weighted by Crippen LogP contribution is -2.37. The van der Waals surface area contributed by atoms with E-state index in [1.807, 2.05) is 34.9 Å². The summed E-state index contributed by atoms with van der Waals surface area (Å²) in [5.74, 6) is -0.104. The minimum absolute atomic E-state index is 0. The molecule has 4 rings (SSSR count). The van der Waals surface area contributed by atoms with E-state index in [1.165, 1.54) is 6.42 Å². The number of nitrogens with zero attached hydrogens (tertiary/aromatic N) is 3. The number of hydrogen-bond donors (Lipinski definition) is 2. The van der Waals surface area contributed by atoms with Crippen LogP contribution in [0.25, 0.3) is 16.9 Å². The van der Waals surface area contributed by atoms with Crippen LogP contribution in [0.5, 0.6) is 0 Å². The molecule has 1 aromatic carbocycles. The summed E-state index contributed by atoms with van der Waals surface area (Å²) < 4.78 is 1.92. The quantitative estimate of drug-likeness (QED) is 0.714. The van der Waals surface area contributed by atoms with Crippen LogP contribution in [0, 0.1) is 0 Å². The molecule has 1 atom stereocenters. The summed E-state index contributed by atoms with van der Waals surface area (Å²) in [5.41, 5.74) is 3.00. The number of carbonyl (C=O) groups excluding carboxylic acids is 1. The summed E-state index contributed by atoms with van der Waals surface area (Å²) in [4.78, 5) is 21.1. The number of rotatable bonds is 4. The number of amides is 1. The number of aromatic nitrogens is 3. The molecular formula is C18H21Cl2N5O. The Kier molecular flexibility index (Phi) is 6.97. The van der Waals surface area contributed by atoms with Crippen LogP contribution in [0.2, 0.25) is 0 Å². The molecule has 1 amide bonds. The van der Waals surface area contributed by atoms with Gasteiger partial charge >= 0.3 is 0 Å². The smallest absolute Gasteiger partial charge is 0.252 e. The van der Waals surface area contributed by atoms with Crippen LogP contribution in [-0.2, 0) is 0 Å². The van der Waals surface area contributed by atoms with Gasteiger partial charge in [-0.25, -0.2) is 9.97 Å². The summed E-state index contributed by atoms with van der Waals surface area (Å²) in [6, 6.07) is 12.1. The van der Waals surface area contributed by atoms with Crippen molar-refractivity contribution in [2.45, 2.75) is 18.9 Å². The van der Waals surface area contributed by atoms with Crippen LogP contribution >= 0.6 is 24.8 Å². The molecule has 138 valence electrons. The van der Waals surface area contributed by atoms with Gasteiger partial charge in [0.1, 0.15) is 11.8 Å². The van der Waals surface area contributed by atoms with Gasteiger partial charge in [-0.05, 0) is 37.6 Å². The van der Waals surface area contributed by atoms with Crippen LogP contribution in [0.15, 0.2) is 48.9 Å².